The number of para-hydroxylation sites is 2. The van der Waals surface area contributed by atoms with Crippen LogP contribution < -0.4 is 26.4 Å². The fourth-order valence-electron chi connectivity index (χ4n) is 3.54. The van der Waals surface area contributed by atoms with Crippen LogP contribution in [0, 0.1) is 6.92 Å². The third-order valence-corrected chi connectivity index (χ3v) is 6.13. The number of rotatable bonds is 7. The molecule has 2 unspecified atom stereocenters. The van der Waals surface area contributed by atoms with Gasteiger partial charge in [-0.3, -0.25) is 25.0 Å². The molecule has 4 N–H and O–H groups in total. The van der Waals surface area contributed by atoms with Crippen LogP contribution in [-0.4, -0.2) is 45.5 Å². The maximum absolute atomic E-state index is 12.4. The summed E-state index contributed by atoms with van der Waals surface area (Å²) in [6, 6.07) is 16.9. The molecule has 1 aromatic heterocycles. The lowest BCUT2D eigenvalue weighted by molar-refractivity contribution is -0.128. The molecule has 2 aromatic carbocycles. The Morgan fingerprint density at radius 1 is 1.09 bits per heavy atom. The van der Waals surface area contributed by atoms with Crippen molar-refractivity contribution >= 4 is 23.6 Å². The first-order valence-corrected chi connectivity index (χ1v) is 11.4. The number of hydrazine groups is 2. The first-order valence-electron chi connectivity index (χ1n) is 10.4. The minimum atomic E-state index is -0.459. The van der Waals surface area contributed by atoms with Gasteiger partial charge in [0.25, 0.3) is 5.91 Å². The SMILES string of the molecule is COc1ccccc1-n1c(C)nnc1SCC(=O)NNC(=O)C1CC(c2ccccc2)NN1. The van der Waals surface area contributed by atoms with E-state index in [1.54, 1.807) is 7.11 Å². The molecule has 11 heteroatoms. The van der Waals surface area contributed by atoms with Gasteiger partial charge in [-0.2, -0.15) is 0 Å². The van der Waals surface area contributed by atoms with Gasteiger partial charge in [0.05, 0.1) is 18.6 Å². The van der Waals surface area contributed by atoms with Gasteiger partial charge in [0.1, 0.15) is 17.6 Å². The molecule has 0 bridgehead atoms. The Hall–Kier alpha value is -3.41. The van der Waals surface area contributed by atoms with E-state index in [1.807, 2.05) is 66.1 Å². The van der Waals surface area contributed by atoms with Crippen molar-refractivity contribution in [2.24, 2.45) is 0 Å². The first kappa shape index (κ1) is 22.8. The zero-order chi connectivity index (χ0) is 23.2. The molecule has 0 saturated carbocycles. The van der Waals surface area contributed by atoms with E-state index in [2.05, 4.69) is 31.9 Å². The van der Waals surface area contributed by atoms with Crippen molar-refractivity contribution in [3.05, 3.63) is 66.0 Å². The summed E-state index contributed by atoms with van der Waals surface area (Å²) in [5.41, 5.74) is 12.9. The van der Waals surface area contributed by atoms with E-state index in [0.717, 1.165) is 11.3 Å². The summed E-state index contributed by atoms with van der Waals surface area (Å²) in [5, 5.41) is 8.84. The Balaban J connectivity index is 1.29. The molecular weight excluding hydrogens is 442 g/mol. The predicted octanol–water partition coefficient (Wildman–Crippen LogP) is 1.43. The Bertz CT molecular complexity index is 1120. The quantitative estimate of drug-likeness (QED) is 0.304. The van der Waals surface area contributed by atoms with Crippen LogP contribution in [0.4, 0.5) is 0 Å². The molecule has 1 aliphatic heterocycles. The largest absolute Gasteiger partial charge is 0.495 e. The van der Waals surface area contributed by atoms with E-state index in [0.29, 0.717) is 23.2 Å². The molecule has 4 rings (SSSR count). The number of nitrogens with one attached hydrogen (secondary N) is 4. The normalized spacial score (nSPS) is 17.5. The standard InChI is InChI=1S/C22H25N7O3S/c1-14-23-28-22(29(14)18-10-6-7-11-19(18)32-2)33-13-20(30)26-27-21(31)17-12-16(24-25-17)15-8-4-3-5-9-15/h3-11,16-17,24-25H,12-13H2,1-2H3,(H,26,30)(H,27,31). The zero-order valence-electron chi connectivity index (χ0n) is 18.2. The van der Waals surface area contributed by atoms with Crippen LogP contribution >= 0.6 is 11.8 Å². The third kappa shape index (κ3) is 5.33. The minimum absolute atomic E-state index is 0.0257. The average molecular weight is 468 g/mol. The topological polar surface area (TPSA) is 122 Å². The van der Waals surface area contributed by atoms with Gasteiger partial charge < -0.3 is 4.74 Å². The molecule has 2 heterocycles. The van der Waals surface area contributed by atoms with E-state index in [-0.39, 0.29) is 23.6 Å². The average Bonchev–Trinajstić information content (AvgIpc) is 3.49. The highest BCUT2D eigenvalue weighted by Crippen LogP contribution is 2.28. The van der Waals surface area contributed by atoms with Crippen LogP contribution in [0.1, 0.15) is 23.9 Å². The number of aryl methyl sites for hydroxylation is 1. The van der Waals surface area contributed by atoms with Crippen molar-refractivity contribution in [1.29, 1.82) is 0 Å². The Morgan fingerprint density at radius 3 is 2.64 bits per heavy atom. The number of carbonyl (C=O) groups is 2. The molecule has 1 saturated heterocycles. The Labute approximate surface area is 195 Å². The van der Waals surface area contributed by atoms with Crippen molar-refractivity contribution in [2.75, 3.05) is 12.9 Å². The Kier molecular flexibility index (Phi) is 7.23. The van der Waals surface area contributed by atoms with Crippen LogP contribution in [0.5, 0.6) is 5.75 Å². The van der Waals surface area contributed by atoms with Crippen LogP contribution in [0.3, 0.4) is 0 Å². The van der Waals surface area contributed by atoms with Crippen molar-refractivity contribution in [1.82, 2.24) is 36.5 Å². The second-order valence-corrected chi connectivity index (χ2v) is 8.35. The van der Waals surface area contributed by atoms with Crippen molar-refractivity contribution < 1.29 is 14.3 Å². The maximum atomic E-state index is 12.4. The lowest BCUT2D eigenvalue weighted by atomic mass is 10.0. The van der Waals surface area contributed by atoms with E-state index in [1.165, 1.54) is 11.8 Å². The van der Waals surface area contributed by atoms with Gasteiger partial charge in [-0.05, 0) is 31.0 Å². The number of methoxy groups -OCH3 is 1. The first-order chi connectivity index (χ1) is 16.1. The van der Waals surface area contributed by atoms with E-state index < -0.39 is 6.04 Å². The van der Waals surface area contributed by atoms with E-state index in [4.69, 9.17) is 4.74 Å². The van der Waals surface area contributed by atoms with E-state index >= 15 is 0 Å². The predicted molar refractivity (Wildman–Crippen MR) is 124 cm³/mol. The fourth-order valence-corrected chi connectivity index (χ4v) is 4.34. The molecule has 1 fully saturated rings. The molecule has 0 spiro atoms. The number of thioether (sulfide) groups is 1. The van der Waals surface area contributed by atoms with Gasteiger partial charge in [-0.25, -0.2) is 10.9 Å². The van der Waals surface area contributed by atoms with Gasteiger partial charge in [0, 0.05) is 6.04 Å². The van der Waals surface area contributed by atoms with Crippen LogP contribution in [0.25, 0.3) is 5.69 Å². The summed E-state index contributed by atoms with van der Waals surface area (Å²) in [5.74, 6) is 0.726. The summed E-state index contributed by atoms with van der Waals surface area (Å²) in [4.78, 5) is 24.8. The summed E-state index contributed by atoms with van der Waals surface area (Å²) >= 11 is 1.21. The summed E-state index contributed by atoms with van der Waals surface area (Å²) in [6.07, 6.45) is 0.571. The molecule has 2 atom stereocenters. The summed E-state index contributed by atoms with van der Waals surface area (Å²) < 4.78 is 7.26. The van der Waals surface area contributed by atoms with E-state index in [9.17, 15) is 9.59 Å². The van der Waals surface area contributed by atoms with Crippen LogP contribution in [-0.2, 0) is 9.59 Å². The molecule has 0 radical (unpaired) electrons. The van der Waals surface area contributed by atoms with Crippen LogP contribution in [0.2, 0.25) is 0 Å². The molecular formula is C22H25N7O3S. The third-order valence-electron chi connectivity index (χ3n) is 5.20. The number of ether oxygens (including phenoxy) is 1. The van der Waals surface area contributed by atoms with Crippen molar-refractivity contribution in [2.45, 2.75) is 30.6 Å². The highest BCUT2D eigenvalue weighted by atomic mass is 32.2. The molecule has 33 heavy (non-hydrogen) atoms. The lowest BCUT2D eigenvalue weighted by Gasteiger charge is -2.13. The number of benzene rings is 2. The summed E-state index contributed by atoms with van der Waals surface area (Å²) in [7, 11) is 1.60. The smallest absolute Gasteiger partial charge is 0.256 e. The van der Waals surface area contributed by atoms with Gasteiger partial charge >= 0.3 is 0 Å². The number of aromatic nitrogens is 3. The van der Waals surface area contributed by atoms with Crippen LogP contribution in [0.15, 0.2) is 59.8 Å². The number of nitrogens with zero attached hydrogens (tertiary/aromatic N) is 3. The highest BCUT2D eigenvalue weighted by molar-refractivity contribution is 7.99. The molecule has 10 nitrogen and oxygen atoms in total. The number of carbonyl (C=O) groups excluding carboxylic acids is 2. The van der Waals surface area contributed by atoms with Crippen molar-refractivity contribution in [3.8, 4) is 11.4 Å². The molecule has 172 valence electrons. The van der Waals surface area contributed by atoms with Crippen molar-refractivity contribution in [3.63, 3.8) is 0 Å². The molecule has 2 amide bonds. The monoisotopic (exact) mass is 467 g/mol. The molecule has 3 aromatic rings. The number of hydrogen-bond acceptors (Lipinski definition) is 8. The minimum Gasteiger partial charge on any atom is -0.495 e. The fraction of sp³-hybridized carbons (Fsp3) is 0.273. The number of hydrogen-bond donors (Lipinski definition) is 4. The van der Waals surface area contributed by atoms with Gasteiger partial charge in [0.15, 0.2) is 5.16 Å². The van der Waals surface area contributed by atoms with Gasteiger partial charge in [0.2, 0.25) is 5.91 Å². The molecule has 1 aliphatic rings. The Morgan fingerprint density at radius 2 is 1.85 bits per heavy atom. The maximum Gasteiger partial charge on any atom is 0.256 e. The second-order valence-electron chi connectivity index (χ2n) is 7.40. The van der Waals surface area contributed by atoms with Gasteiger partial charge in [-0.1, -0.05) is 54.2 Å². The van der Waals surface area contributed by atoms with Gasteiger partial charge in [-0.15, -0.1) is 10.2 Å². The summed E-state index contributed by atoms with van der Waals surface area (Å²) in [6.45, 7) is 1.83. The molecule has 0 aliphatic carbocycles. The lowest BCUT2D eigenvalue weighted by Crippen LogP contribution is -2.50. The second kappa shape index (κ2) is 10.5. The highest BCUT2D eigenvalue weighted by Gasteiger charge is 2.30. The number of amides is 2. The zero-order valence-corrected chi connectivity index (χ0v) is 19.1.